The molecule has 1 aliphatic heterocycles. The molecule has 0 aromatic rings. The Morgan fingerprint density at radius 2 is 1.85 bits per heavy atom. The number of carboxylic acids is 1. The molecule has 218 valence electrons. The fourth-order valence-corrected chi connectivity index (χ4v) is 7.89. The van der Waals surface area contributed by atoms with Gasteiger partial charge in [0.25, 0.3) is 0 Å². The summed E-state index contributed by atoms with van der Waals surface area (Å²) in [7, 11) is 0. The summed E-state index contributed by atoms with van der Waals surface area (Å²) in [5, 5.41) is 18.3. The van der Waals surface area contributed by atoms with Crippen molar-refractivity contribution >= 4 is 17.7 Å². The first kappa shape index (κ1) is 31.3. The molecule has 0 aromatic heterocycles. The van der Waals surface area contributed by atoms with Crippen molar-refractivity contribution < 1.29 is 29.3 Å². The lowest BCUT2D eigenvalue weighted by Crippen LogP contribution is -2.43. The summed E-state index contributed by atoms with van der Waals surface area (Å²) < 4.78 is 5.85. The van der Waals surface area contributed by atoms with Crippen molar-refractivity contribution in [1.29, 1.82) is 0 Å². The quantitative estimate of drug-likeness (QED) is 0.211. The van der Waals surface area contributed by atoms with Crippen LogP contribution in [0.3, 0.4) is 0 Å². The number of aliphatic hydroxyl groups excluding tert-OH is 1. The van der Waals surface area contributed by atoms with Crippen molar-refractivity contribution in [3.63, 3.8) is 0 Å². The molecule has 6 heteroatoms. The zero-order chi connectivity index (χ0) is 29.0. The van der Waals surface area contributed by atoms with E-state index in [0.29, 0.717) is 23.3 Å². The maximum Gasteiger partial charge on any atom is 0.336 e. The van der Waals surface area contributed by atoms with Crippen molar-refractivity contribution in [3.8, 4) is 0 Å². The molecule has 6 nitrogen and oxygen atoms in total. The van der Waals surface area contributed by atoms with E-state index in [1.165, 1.54) is 32.1 Å². The highest BCUT2D eigenvalue weighted by molar-refractivity contribution is 5.94. The molecule has 0 bridgehead atoms. The summed E-state index contributed by atoms with van der Waals surface area (Å²) in [5.74, 6) is 0.802. The molecule has 2 N–H and O–H groups in total. The van der Waals surface area contributed by atoms with E-state index >= 15 is 0 Å². The summed E-state index contributed by atoms with van der Waals surface area (Å²) in [6.07, 6.45) is 15.8. The van der Waals surface area contributed by atoms with Gasteiger partial charge in [-0.15, -0.1) is 0 Å². The fraction of sp³-hybridized carbons (Fsp3) is 0.727. The first-order valence-electron chi connectivity index (χ1n) is 14.9. The van der Waals surface area contributed by atoms with Crippen LogP contribution < -0.4 is 0 Å². The molecular weight excluding hydrogens is 492 g/mol. The number of rotatable bonds is 12. The predicted molar refractivity (Wildman–Crippen MR) is 153 cm³/mol. The van der Waals surface area contributed by atoms with Gasteiger partial charge in [0.1, 0.15) is 6.10 Å². The number of ether oxygens (including phenoxy) is 1. The van der Waals surface area contributed by atoms with Crippen LogP contribution in [0, 0.1) is 40.4 Å². The number of fused-ring (bicyclic) bond motifs is 1. The van der Waals surface area contributed by atoms with Gasteiger partial charge in [-0.05, 0) is 73.7 Å². The minimum atomic E-state index is -0.981. The Hall–Kier alpha value is -2.21. The van der Waals surface area contributed by atoms with E-state index in [9.17, 15) is 19.5 Å². The smallest absolute Gasteiger partial charge is 0.336 e. The lowest BCUT2D eigenvalue weighted by molar-refractivity contribution is -0.151. The summed E-state index contributed by atoms with van der Waals surface area (Å²) in [6.45, 7) is 12.3. The maximum atomic E-state index is 12.9. The first-order chi connectivity index (χ1) is 18.3. The van der Waals surface area contributed by atoms with Crippen LogP contribution in [0.1, 0.15) is 99.3 Å². The lowest BCUT2D eigenvalue weighted by atomic mass is 9.58. The SMILES string of the molecule is CC1=C(CO)C(=O)OC([C@@H](C)C2CCC3C(CCCC(C)(C)C(=O)/C=C\C(C)/C=C/C(=O)O)CCC[C@@]32C)C1. The Balaban J connectivity index is 1.57. The van der Waals surface area contributed by atoms with Gasteiger partial charge < -0.3 is 14.9 Å². The van der Waals surface area contributed by atoms with E-state index in [-0.39, 0.29) is 41.7 Å². The Morgan fingerprint density at radius 1 is 1.15 bits per heavy atom. The molecule has 2 fully saturated rings. The van der Waals surface area contributed by atoms with Crippen LogP contribution in [0.4, 0.5) is 0 Å². The average molecular weight is 543 g/mol. The molecule has 7 atom stereocenters. The van der Waals surface area contributed by atoms with Crippen LogP contribution >= 0.6 is 0 Å². The third-order valence-corrected chi connectivity index (χ3v) is 10.4. The molecule has 1 heterocycles. The van der Waals surface area contributed by atoms with Gasteiger partial charge in [0.05, 0.1) is 12.2 Å². The van der Waals surface area contributed by atoms with E-state index in [1.807, 2.05) is 27.7 Å². The summed E-state index contributed by atoms with van der Waals surface area (Å²) in [4.78, 5) is 36.1. The second kappa shape index (κ2) is 13.0. The summed E-state index contributed by atoms with van der Waals surface area (Å²) >= 11 is 0. The van der Waals surface area contributed by atoms with Crippen LogP contribution in [-0.2, 0) is 19.1 Å². The van der Waals surface area contributed by atoms with Crippen LogP contribution in [0.15, 0.2) is 35.5 Å². The molecule has 3 rings (SSSR count). The molecule has 0 radical (unpaired) electrons. The van der Waals surface area contributed by atoms with Crippen molar-refractivity contribution in [2.45, 2.75) is 105 Å². The predicted octanol–water partition coefficient (Wildman–Crippen LogP) is 6.68. The highest BCUT2D eigenvalue weighted by atomic mass is 16.5. The Labute approximate surface area is 235 Å². The number of esters is 1. The van der Waals surface area contributed by atoms with Crippen LogP contribution in [0.2, 0.25) is 0 Å². The van der Waals surface area contributed by atoms with Gasteiger partial charge in [-0.1, -0.05) is 78.0 Å². The number of carbonyl (C=O) groups excluding carboxylic acids is 2. The van der Waals surface area contributed by atoms with Crippen molar-refractivity contribution in [2.24, 2.45) is 40.4 Å². The van der Waals surface area contributed by atoms with E-state index in [1.54, 1.807) is 18.2 Å². The summed E-state index contributed by atoms with van der Waals surface area (Å²) in [6, 6.07) is 0. The zero-order valence-corrected chi connectivity index (χ0v) is 24.9. The third kappa shape index (κ3) is 7.31. The molecule has 0 saturated heterocycles. The maximum absolute atomic E-state index is 12.9. The molecule has 0 aromatic carbocycles. The minimum Gasteiger partial charge on any atom is -0.478 e. The number of allylic oxidation sites excluding steroid dienone is 3. The van der Waals surface area contributed by atoms with Gasteiger partial charge in [-0.3, -0.25) is 4.79 Å². The first-order valence-corrected chi connectivity index (χ1v) is 14.9. The van der Waals surface area contributed by atoms with Gasteiger partial charge >= 0.3 is 11.9 Å². The highest BCUT2D eigenvalue weighted by Crippen LogP contribution is 2.61. The number of ketones is 1. The Morgan fingerprint density at radius 3 is 2.49 bits per heavy atom. The number of aliphatic carboxylic acids is 1. The van der Waals surface area contributed by atoms with Crippen molar-refractivity contribution in [1.82, 2.24) is 0 Å². The van der Waals surface area contributed by atoms with Gasteiger partial charge in [-0.25, -0.2) is 9.59 Å². The number of carboxylic acid groups (broad SMARTS) is 1. The van der Waals surface area contributed by atoms with Crippen LogP contribution in [0.5, 0.6) is 0 Å². The molecule has 2 saturated carbocycles. The zero-order valence-electron chi connectivity index (χ0n) is 24.9. The number of carbonyl (C=O) groups is 3. The third-order valence-electron chi connectivity index (χ3n) is 10.4. The molecule has 0 spiro atoms. The van der Waals surface area contributed by atoms with E-state index in [2.05, 4.69) is 13.8 Å². The number of cyclic esters (lactones) is 1. The molecule has 2 aliphatic carbocycles. The van der Waals surface area contributed by atoms with Crippen LogP contribution in [0.25, 0.3) is 0 Å². The van der Waals surface area contributed by atoms with E-state index in [4.69, 9.17) is 9.84 Å². The number of hydrogen-bond acceptors (Lipinski definition) is 5. The molecular formula is C33H50O6. The number of aliphatic hydroxyl groups is 1. The van der Waals surface area contributed by atoms with Gasteiger partial charge in [0.15, 0.2) is 5.78 Å². The lowest BCUT2D eigenvalue weighted by Gasteiger charge is -2.48. The molecule has 39 heavy (non-hydrogen) atoms. The Bertz CT molecular complexity index is 1000. The van der Waals surface area contributed by atoms with Gasteiger partial charge in [0.2, 0.25) is 0 Å². The molecule has 0 amide bonds. The topological polar surface area (TPSA) is 101 Å². The Kier molecular flexibility index (Phi) is 10.4. The van der Waals surface area contributed by atoms with E-state index in [0.717, 1.165) is 37.3 Å². The fourth-order valence-electron chi connectivity index (χ4n) is 7.89. The van der Waals surface area contributed by atoms with Crippen LogP contribution in [-0.4, -0.2) is 40.6 Å². The molecule has 5 unspecified atom stereocenters. The van der Waals surface area contributed by atoms with Crippen molar-refractivity contribution in [2.75, 3.05) is 6.61 Å². The largest absolute Gasteiger partial charge is 0.478 e. The number of hydrogen-bond donors (Lipinski definition) is 2. The second-order valence-electron chi connectivity index (χ2n) is 13.4. The van der Waals surface area contributed by atoms with Crippen molar-refractivity contribution in [3.05, 3.63) is 35.5 Å². The van der Waals surface area contributed by atoms with Gasteiger partial charge in [-0.2, -0.15) is 0 Å². The summed E-state index contributed by atoms with van der Waals surface area (Å²) in [5.41, 5.74) is 1.19. The highest BCUT2D eigenvalue weighted by Gasteiger charge is 2.53. The van der Waals surface area contributed by atoms with Gasteiger partial charge in [0, 0.05) is 17.9 Å². The minimum absolute atomic E-state index is 0.0945. The normalized spacial score (nSPS) is 31.4. The van der Waals surface area contributed by atoms with E-state index < -0.39 is 11.4 Å². The standard InChI is InChI=1S/C33H50O6/c1-21(12-16-30(36)37)11-15-29(35)32(4,5)17-7-9-24-10-8-18-33(6)26(13-14-27(24)33)23(3)28-19-22(2)25(20-34)31(38)39-28/h11-12,15-16,21,23-24,26-28,34H,7-10,13-14,17-20H2,1-6H3,(H,36,37)/b15-11-,16-12+/t21?,23-,24?,26?,27?,28?,33+/m0/s1. The monoisotopic (exact) mass is 542 g/mol. The average Bonchev–Trinajstić information content (AvgIpc) is 3.22. The molecule has 3 aliphatic rings. The second-order valence-corrected chi connectivity index (χ2v) is 13.4.